The van der Waals surface area contributed by atoms with Crippen molar-refractivity contribution in [2.75, 3.05) is 34.9 Å². The third-order valence-electron chi connectivity index (χ3n) is 18.8. The smallest absolute Gasteiger partial charge is 0.481 e. The van der Waals surface area contributed by atoms with E-state index in [1.807, 2.05) is 179 Å². The van der Waals surface area contributed by atoms with Crippen LogP contribution in [0.25, 0.3) is 33.4 Å². The zero-order valence-corrected chi connectivity index (χ0v) is 72.2. The second-order valence-electron chi connectivity index (χ2n) is 29.4. The highest BCUT2D eigenvalue weighted by atomic mass is 79.9. The molecule has 39 heteroatoms. The number of alkyl halides is 6. The summed E-state index contributed by atoms with van der Waals surface area (Å²) in [6.45, 7) is 12.5. The van der Waals surface area contributed by atoms with Crippen LogP contribution >= 0.6 is 15.9 Å². The number of carboxylic acids is 1. The Bertz CT molecular complexity index is 5880. The second kappa shape index (κ2) is 44.3. The van der Waals surface area contributed by atoms with E-state index in [0.717, 1.165) is 119 Å². The number of halogens is 7. The van der Waals surface area contributed by atoms with E-state index in [9.17, 15) is 45.5 Å². The van der Waals surface area contributed by atoms with Crippen LogP contribution in [0.3, 0.4) is 0 Å². The number of rotatable bonds is 23. The van der Waals surface area contributed by atoms with E-state index in [0.29, 0.717) is 49.7 Å². The third kappa shape index (κ3) is 29.7. The number of aromatic nitrogens is 18. The number of hydrogen-bond donors (Lipinski definition) is 5. The molecule has 127 heavy (non-hydrogen) atoms. The number of anilines is 6. The Morgan fingerprint density at radius 2 is 0.843 bits per heavy atom. The van der Waals surface area contributed by atoms with Crippen LogP contribution in [0.2, 0.25) is 0 Å². The fraction of sp³-hybridized carbons (Fsp3) is 0.250. The molecule has 11 heterocycles. The number of carboxylic acid groups (broad SMARTS) is 1. The lowest BCUT2D eigenvalue weighted by Crippen LogP contribution is -2.41. The summed E-state index contributed by atoms with van der Waals surface area (Å²) in [5, 5.41) is 17.3. The fourth-order valence-corrected chi connectivity index (χ4v) is 11.8. The maximum Gasteiger partial charge on any atom is 0.494 e. The van der Waals surface area contributed by atoms with Gasteiger partial charge in [-0.3, -0.25) is 29.1 Å². The molecule has 6 N–H and O–H groups in total. The van der Waals surface area contributed by atoms with Crippen LogP contribution in [0.1, 0.15) is 98.0 Å². The number of benzene rings is 4. The Morgan fingerprint density at radius 3 is 1.20 bits per heavy atom. The molecule has 0 atom stereocenters. The predicted molar refractivity (Wildman–Crippen MR) is 467 cm³/mol. The number of nitrogens with one attached hydrogen (secondary N) is 3. The number of nitrogens with two attached hydrogens (primary N) is 1. The topological polar surface area (TPSA) is 388 Å². The summed E-state index contributed by atoms with van der Waals surface area (Å²) < 4.78 is 104. The number of nitrogens with zero attached hydrogens (tertiary/aromatic N) is 18. The normalized spacial score (nSPS) is 12.3. The quantitative estimate of drug-likeness (QED) is 0.0225. The molecule has 15 rings (SSSR count). The van der Waals surface area contributed by atoms with Gasteiger partial charge < -0.3 is 63.8 Å². The summed E-state index contributed by atoms with van der Waals surface area (Å²) in [6.07, 6.45) is 24.8. The monoisotopic (exact) mass is 1800 g/mol. The summed E-state index contributed by atoms with van der Waals surface area (Å²) in [5.41, 5.74) is 14.3. The first-order chi connectivity index (χ1) is 60.5. The molecule has 0 radical (unpaired) electrons. The van der Waals surface area contributed by atoms with Crippen molar-refractivity contribution in [1.82, 2.24) is 88.0 Å². The lowest BCUT2D eigenvalue weighted by Gasteiger charge is -2.32. The maximum absolute atomic E-state index is 12.8. The van der Waals surface area contributed by atoms with Crippen LogP contribution in [-0.4, -0.2) is 148 Å². The van der Waals surface area contributed by atoms with Gasteiger partial charge in [0.15, 0.2) is 0 Å². The lowest BCUT2D eigenvalue weighted by molar-refractivity contribution is -0.143. The first kappa shape index (κ1) is 94.9. The molecule has 10 aromatic heterocycles. The molecule has 0 unspecified atom stereocenters. The van der Waals surface area contributed by atoms with Gasteiger partial charge in [-0.05, 0) is 114 Å². The maximum atomic E-state index is 12.8. The average Bonchev–Trinajstić information content (AvgIpc) is 1.62. The number of imidazole rings is 4. The lowest BCUT2D eigenvalue weighted by atomic mass is 9.79. The van der Waals surface area contributed by atoms with Crippen LogP contribution in [0.15, 0.2) is 238 Å². The van der Waals surface area contributed by atoms with Crippen LogP contribution in [-0.2, 0) is 117 Å². The van der Waals surface area contributed by atoms with E-state index >= 15 is 0 Å². The molecular formula is C88H90BBrF6N22O9. The van der Waals surface area contributed by atoms with Gasteiger partial charge in [-0.2, -0.15) is 26.3 Å². The van der Waals surface area contributed by atoms with E-state index in [2.05, 4.69) is 102 Å². The number of pyridine rings is 2. The minimum atomic E-state index is -4.53. The second-order valence-corrected chi connectivity index (χ2v) is 30.3. The van der Waals surface area contributed by atoms with E-state index in [4.69, 9.17) is 29.6 Å². The van der Waals surface area contributed by atoms with Gasteiger partial charge in [-0.15, -0.1) is 0 Å². The molecule has 14 aromatic rings. The zero-order chi connectivity index (χ0) is 91.4. The first-order valence-corrected chi connectivity index (χ1v) is 40.0. The van der Waals surface area contributed by atoms with Crippen LogP contribution in [0, 0.1) is 0 Å². The van der Waals surface area contributed by atoms with Crippen molar-refractivity contribution in [3.05, 3.63) is 295 Å². The Balaban J connectivity index is 0.000000164. The number of esters is 2. The minimum absolute atomic E-state index is 0.000579. The largest absolute Gasteiger partial charge is 0.494 e. The number of aliphatic carboxylic acids is 1. The minimum Gasteiger partial charge on any atom is -0.481 e. The molecule has 0 bridgehead atoms. The molecule has 1 saturated heterocycles. The summed E-state index contributed by atoms with van der Waals surface area (Å²) >= 11 is 3.27. The van der Waals surface area contributed by atoms with Gasteiger partial charge >= 0.3 is 37.4 Å². The van der Waals surface area contributed by atoms with E-state index < -0.39 is 35.4 Å². The van der Waals surface area contributed by atoms with Crippen LogP contribution in [0.5, 0.6) is 0 Å². The van der Waals surface area contributed by atoms with Crippen molar-refractivity contribution < 1.29 is 69.4 Å². The molecule has 1 fully saturated rings. The molecule has 1 amide bonds. The fourth-order valence-electron chi connectivity index (χ4n) is 11.5. The van der Waals surface area contributed by atoms with Crippen molar-refractivity contribution in [1.29, 1.82) is 0 Å². The standard InChI is InChI=1S/C22H18F3N7O.C19H20N4O2.C17H16N4O2.C16H23BO4.C8H8BrN5.C6H5F3N2/c1-32-13-27-12-19(32)31-21-28-8-16(9-29-21)15-4-2-14(3-5-15)6-20(33)30-18-7-17(10-26-11-18)22(23,24)25;1-3-25-19(24)8-14-4-6-15(7-5-14)16-10-20-18(21-11-16)9-17-12-23(2)13-22-17;1-21-10-15(20-11-21)7-16-18-8-14(9-19-16)13-4-2-12(3-5-13)6-17(22)23;1-6-19-14(18)11-12-7-9-13(10-8-12)17-20-15(2,3)16(4,5)21-17;1-14-5-10-4-7(14)13-8-11-2-6(9)3-12-8;7-6(8,9)4-1-5(10)3-11-2-4/h2-5,7-13H,6H2,1H3,(H,30,33)(H,28,29,31);4-7,10-13H,3,8-9H2,1-2H3;2-5,8-11H,6-7H2,1H3,(H,22,23);7-10H,6,11H2,1-5H3;2-5H,1H3,(H,11,12,13);1-3H,10H2. The Morgan fingerprint density at radius 1 is 0.465 bits per heavy atom. The highest BCUT2D eigenvalue weighted by Gasteiger charge is 2.51. The first-order valence-electron chi connectivity index (χ1n) is 39.2. The van der Waals surface area contributed by atoms with Crippen molar-refractivity contribution in [2.45, 2.75) is 104 Å². The Labute approximate surface area is 735 Å². The number of ether oxygens (including phenoxy) is 2. The number of amides is 1. The van der Waals surface area contributed by atoms with Gasteiger partial charge in [0.25, 0.3) is 0 Å². The van der Waals surface area contributed by atoms with E-state index in [1.54, 1.807) is 105 Å². The van der Waals surface area contributed by atoms with Gasteiger partial charge in [0, 0.05) is 125 Å². The van der Waals surface area contributed by atoms with Crippen molar-refractivity contribution >= 4 is 87.2 Å². The number of aryl methyl sites for hydroxylation is 4. The number of carbonyl (C=O) groups excluding carboxylic acids is 3. The highest BCUT2D eigenvalue weighted by Crippen LogP contribution is 2.37. The van der Waals surface area contributed by atoms with Gasteiger partial charge in [0.2, 0.25) is 17.8 Å². The molecule has 0 saturated carbocycles. The number of hydrogen-bond acceptors (Lipinski definition) is 25. The SMILES string of the molecule is CCOC(=O)Cc1ccc(-c2cnc(Cc3cn(C)cn3)nc2)cc1.CCOC(=O)Cc1ccc(B2OC(C)(C)C(C)(C)O2)cc1.Cn1cnc(Cc2ncc(-c3ccc(CC(=O)O)cc3)cn2)c1.Cn1cncc1Nc1ncc(-c2ccc(CC(=O)Nc3cncc(C(F)(F)F)c3)cc2)cn1.Cn1cncc1Nc1ncc(Br)cn1.Nc1cncc(C(F)(F)F)c1. The zero-order valence-electron chi connectivity index (χ0n) is 70.7. The number of carbonyl (C=O) groups is 4. The summed E-state index contributed by atoms with van der Waals surface area (Å²) in [6, 6.07) is 31.7. The molecule has 0 spiro atoms. The van der Waals surface area contributed by atoms with Crippen LogP contribution in [0.4, 0.5) is 61.2 Å². The molecule has 1 aliphatic heterocycles. The molecule has 4 aromatic carbocycles. The Kier molecular flexibility index (Phi) is 33.1. The predicted octanol–water partition coefficient (Wildman–Crippen LogP) is 14.4. The van der Waals surface area contributed by atoms with E-state index in [-0.39, 0.29) is 67.3 Å². The van der Waals surface area contributed by atoms with Gasteiger partial charge in [-0.1, -0.05) is 97.1 Å². The number of nitrogen functional groups attached to an aromatic ring is 1. The van der Waals surface area contributed by atoms with Crippen LogP contribution < -0.4 is 27.1 Å². The Hall–Kier alpha value is -14.3. The van der Waals surface area contributed by atoms with Crippen molar-refractivity contribution in [3.63, 3.8) is 0 Å². The highest BCUT2D eigenvalue weighted by molar-refractivity contribution is 9.10. The molecular weight excluding hydrogens is 1710 g/mol. The molecule has 31 nitrogen and oxygen atoms in total. The van der Waals surface area contributed by atoms with Gasteiger partial charge in [0.1, 0.15) is 23.3 Å². The van der Waals surface area contributed by atoms with Crippen molar-refractivity contribution in [2.24, 2.45) is 28.2 Å². The molecule has 1 aliphatic rings. The van der Waals surface area contributed by atoms with E-state index in [1.165, 1.54) is 6.20 Å². The van der Waals surface area contributed by atoms with Crippen molar-refractivity contribution in [3.8, 4) is 33.4 Å². The third-order valence-corrected chi connectivity index (χ3v) is 19.2. The summed E-state index contributed by atoms with van der Waals surface area (Å²) in [4.78, 5) is 104. The molecule has 0 aliphatic carbocycles. The summed E-state index contributed by atoms with van der Waals surface area (Å²) in [7, 11) is 7.24. The molecule has 658 valence electrons. The van der Waals surface area contributed by atoms with Gasteiger partial charge in [0.05, 0.1) is 145 Å². The average molecular weight is 1800 g/mol. The van der Waals surface area contributed by atoms with Gasteiger partial charge in [-0.25, -0.2) is 59.8 Å². The summed E-state index contributed by atoms with van der Waals surface area (Å²) in [5.74, 6) is 2.35.